The summed E-state index contributed by atoms with van der Waals surface area (Å²) in [5, 5.41) is 4.05. The van der Waals surface area contributed by atoms with Gasteiger partial charge in [0.25, 0.3) is 0 Å². The molecule has 0 saturated heterocycles. The van der Waals surface area contributed by atoms with E-state index in [1.165, 1.54) is 12.4 Å². The Hall–Kier alpha value is -1.81. The number of carbonyl (C=O) groups excluding carboxylic acids is 1. The van der Waals surface area contributed by atoms with Crippen molar-refractivity contribution in [1.29, 1.82) is 0 Å². The molecule has 2 heterocycles. The molecule has 0 saturated carbocycles. The number of ether oxygens (including phenoxy) is 1. The SMILES string of the molecule is CCOC(=O)C1CCc2c(sc3ncnc(Nc4ccc(I)cc4F)c23)C1. The molecule has 0 amide bonds. The molecule has 27 heavy (non-hydrogen) atoms. The lowest BCUT2D eigenvalue weighted by Crippen LogP contribution is -2.23. The lowest BCUT2D eigenvalue weighted by atomic mass is 9.88. The number of esters is 1. The molecule has 0 aliphatic heterocycles. The maximum absolute atomic E-state index is 14.3. The van der Waals surface area contributed by atoms with E-state index in [9.17, 15) is 9.18 Å². The van der Waals surface area contributed by atoms with Gasteiger partial charge < -0.3 is 10.1 Å². The van der Waals surface area contributed by atoms with Crippen molar-refractivity contribution >= 4 is 61.6 Å². The van der Waals surface area contributed by atoms with Crippen molar-refractivity contribution in [2.45, 2.75) is 26.2 Å². The van der Waals surface area contributed by atoms with Gasteiger partial charge in [-0.25, -0.2) is 14.4 Å². The van der Waals surface area contributed by atoms with E-state index in [4.69, 9.17) is 4.74 Å². The van der Waals surface area contributed by atoms with E-state index >= 15 is 0 Å². The van der Waals surface area contributed by atoms with Gasteiger partial charge in [0.15, 0.2) is 0 Å². The molecule has 1 atom stereocenters. The summed E-state index contributed by atoms with van der Waals surface area (Å²) in [6.45, 7) is 2.22. The Morgan fingerprint density at radius 3 is 3.07 bits per heavy atom. The second kappa shape index (κ2) is 7.67. The van der Waals surface area contributed by atoms with Crippen LogP contribution in [0.3, 0.4) is 0 Å². The van der Waals surface area contributed by atoms with Crippen LogP contribution in [-0.4, -0.2) is 22.5 Å². The maximum Gasteiger partial charge on any atom is 0.309 e. The van der Waals surface area contributed by atoms with Crippen molar-refractivity contribution in [3.05, 3.63) is 44.4 Å². The third-order valence-electron chi connectivity index (χ3n) is 4.65. The Bertz CT molecular complexity index is 1020. The van der Waals surface area contributed by atoms with Gasteiger partial charge in [0, 0.05) is 8.45 Å². The molecule has 0 spiro atoms. The quantitative estimate of drug-likeness (QED) is 0.413. The molecule has 5 nitrogen and oxygen atoms in total. The summed E-state index contributed by atoms with van der Waals surface area (Å²) in [6.07, 6.45) is 3.65. The zero-order valence-electron chi connectivity index (χ0n) is 14.6. The van der Waals surface area contributed by atoms with Crippen LogP contribution in [0.2, 0.25) is 0 Å². The topological polar surface area (TPSA) is 64.1 Å². The molecule has 1 unspecified atom stereocenters. The smallest absolute Gasteiger partial charge is 0.309 e. The molecule has 3 aromatic rings. The van der Waals surface area contributed by atoms with Crippen LogP contribution < -0.4 is 5.32 Å². The predicted octanol–water partition coefficient (Wildman–Crippen LogP) is 4.85. The van der Waals surface area contributed by atoms with Gasteiger partial charge in [-0.3, -0.25) is 4.79 Å². The Labute approximate surface area is 173 Å². The summed E-state index contributed by atoms with van der Waals surface area (Å²) in [7, 11) is 0. The number of anilines is 2. The molecular formula is C19H17FIN3O2S. The Morgan fingerprint density at radius 2 is 2.30 bits per heavy atom. The van der Waals surface area contributed by atoms with E-state index in [1.807, 2.05) is 13.0 Å². The first kappa shape index (κ1) is 18.5. The highest BCUT2D eigenvalue weighted by atomic mass is 127. The number of aryl methyl sites for hydroxylation is 1. The van der Waals surface area contributed by atoms with Crippen molar-refractivity contribution < 1.29 is 13.9 Å². The fraction of sp³-hybridized carbons (Fsp3) is 0.316. The van der Waals surface area contributed by atoms with Crippen LogP contribution in [0.4, 0.5) is 15.9 Å². The van der Waals surface area contributed by atoms with Gasteiger partial charge in [-0.2, -0.15) is 0 Å². The van der Waals surface area contributed by atoms with Gasteiger partial charge in [-0.05, 0) is 72.5 Å². The van der Waals surface area contributed by atoms with Gasteiger partial charge in [0.05, 0.1) is 23.6 Å². The lowest BCUT2D eigenvalue weighted by Gasteiger charge is -2.20. The average molecular weight is 497 g/mol. The Balaban J connectivity index is 1.69. The van der Waals surface area contributed by atoms with Crippen molar-refractivity contribution in [2.75, 3.05) is 11.9 Å². The molecule has 140 valence electrons. The highest BCUT2D eigenvalue weighted by Crippen LogP contribution is 2.40. The molecule has 1 N–H and O–H groups in total. The van der Waals surface area contributed by atoms with Crippen LogP contribution in [0, 0.1) is 15.3 Å². The molecule has 8 heteroatoms. The number of fused-ring (bicyclic) bond motifs is 3. The number of benzene rings is 1. The van der Waals surface area contributed by atoms with Gasteiger partial charge in [0.2, 0.25) is 0 Å². The zero-order valence-corrected chi connectivity index (χ0v) is 17.6. The van der Waals surface area contributed by atoms with Gasteiger partial charge >= 0.3 is 5.97 Å². The Morgan fingerprint density at radius 1 is 1.44 bits per heavy atom. The molecule has 1 aliphatic carbocycles. The summed E-state index contributed by atoms with van der Waals surface area (Å²) in [4.78, 5) is 22.8. The van der Waals surface area contributed by atoms with E-state index in [-0.39, 0.29) is 17.7 Å². The predicted molar refractivity (Wildman–Crippen MR) is 112 cm³/mol. The standard InChI is InChI=1S/C19H17FIN3O2S/c1-2-26-19(25)10-3-5-12-15(7-10)27-18-16(12)17(22-9-23-18)24-14-6-4-11(21)8-13(14)20/h4,6,8-10H,2-3,5,7H2,1H3,(H,22,23,24). The van der Waals surface area contributed by atoms with Gasteiger partial charge in [-0.15, -0.1) is 11.3 Å². The van der Waals surface area contributed by atoms with Crippen LogP contribution in [0.15, 0.2) is 24.5 Å². The highest BCUT2D eigenvalue weighted by Gasteiger charge is 2.30. The number of aromatic nitrogens is 2. The fourth-order valence-electron chi connectivity index (χ4n) is 3.38. The highest BCUT2D eigenvalue weighted by molar-refractivity contribution is 14.1. The number of rotatable bonds is 4. The van der Waals surface area contributed by atoms with Crippen molar-refractivity contribution in [2.24, 2.45) is 5.92 Å². The molecule has 0 fully saturated rings. The lowest BCUT2D eigenvalue weighted by molar-refractivity contribution is -0.148. The minimum atomic E-state index is -0.319. The summed E-state index contributed by atoms with van der Waals surface area (Å²) >= 11 is 3.65. The van der Waals surface area contributed by atoms with Gasteiger partial charge in [-0.1, -0.05) is 0 Å². The van der Waals surface area contributed by atoms with Crippen LogP contribution in [0.25, 0.3) is 10.2 Å². The molecular weight excluding hydrogens is 480 g/mol. The number of halogens is 2. The monoisotopic (exact) mass is 497 g/mol. The molecule has 2 aromatic heterocycles. The van der Waals surface area contributed by atoms with E-state index in [0.29, 0.717) is 24.5 Å². The Kier molecular flexibility index (Phi) is 5.27. The maximum atomic E-state index is 14.3. The minimum absolute atomic E-state index is 0.108. The molecule has 1 aromatic carbocycles. The normalized spacial score (nSPS) is 16.2. The number of hydrogen-bond donors (Lipinski definition) is 1. The van der Waals surface area contributed by atoms with Gasteiger partial charge in [0.1, 0.15) is 22.8 Å². The third-order valence-corrected chi connectivity index (χ3v) is 6.48. The molecule has 1 aliphatic rings. The molecule has 0 bridgehead atoms. The molecule has 4 rings (SSSR count). The first-order valence-corrected chi connectivity index (χ1v) is 10.6. The van der Waals surface area contributed by atoms with E-state index in [2.05, 4.69) is 37.9 Å². The fourth-order valence-corrected chi connectivity index (χ4v) is 5.10. The average Bonchev–Trinajstić information content (AvgIpc) is 3.02. The second-order valence-corrected chi connectivity index (χ2v) is 8.68. The largest absolute Gasteiger partial charge is 0.466 e. The number of hydrogen-bond acceptors (Lipinski definition) is 6. The van der Waals surface area contributed by atoms with E-state index in [1.54, 1.807) is 17.4 Å². The summed E-state index contributed by atoms with van der Waals surface area (Å²) in [5.74, 6) is 0.0434. The third kappa shape index (κ3) is 3.64. The first-order chi connectivity index (χ1) is 13.1. The number of nitrogens with one attached hydrogen (secondary N) is 1. The van der Waals surface area contributed by atoms with Crippen LogP contribution >= 0.6 is 33.9 Å². The van der Waals surface area contributed by atoms with E-state index < -0.39 is 0 Å². The molecule has 0 radical (unpaired) electrons. The van der Waals surface area contributed by atoms with E-state index in [0.717, 1.165) is 37.1 Å². The van der Waals surface area contributed by atoms with Crippen molar-refractivity contribution in [1.82, 2.24) is 9.97 Å². The summed E-state index contributed by atoms with van der Waals surface area (Å²) < 4.78 is 20.3. The van der Waals surface area contributed by atoms with Crippen molar-refractivity contribution in [3.8, 4) is 0 Å². The first-order valence-electron chi connectivity index (χ1n) is 8.70. The second-order valence-electron chi connectivity index (χ2n) is 6.35. The summed E-state index contributed by atoms with van der Waals surface area (Å²) in [5.41, 5.74) is 1.54. The van der Waals surface area contributed by atoms with Crippen LogP contribution in [-0.2, 0) is 22.4 Å². The summed E-state index contributed by atoms with van der Waals surface area (Å²) in [6, 6.07) is 5.03. The number of nitrogens with zero attached hydrogens (tertiary/aromatic N) is 2. The zero-order chi connectivity index (χ0) is 19.0. The van der Waals surface area contributed by atoms with Crippen LogP contribution in [0.1, 0.15) is 23.8 Å². The minimum Gasteiger partial charge on any atom is -0.466 e. The van der Waals surface area contributed by atoms with Crippen molar-refractivity contribution in [3.63, 3.8) is 0 Å². The van der Waals surface area contributed by atoms with Crippen LogP contribution in [0.5, 0.6) is 0 Å². The number of carbonyl (C=O) groups is 1. The number of thiophene rings is 1.